The molecule has 0 bridgehead atoms. The third kappa shape index (κ3) is 7.84. The highest BCUT2D eigenvalue weighted by Gasteiger charge is 2.22. The monoisotopic (exact) mass is 523 g/mol. The molecular formula is C19H34IN5O2S. The lowest BCUT2D eigenvalue weighted by atomic mass is 10.2. The fourth-order valence-electron chi connectivity index (χ4n) is 3.22. The Morgan fingerprint density at radius 1 is 1.18 bits per heavy atom. The number of likely N-dealkylation sites (N-methyl/N-ethyl adjacent to an activating group) is 1. The number of guanidine groups is 1. The molecule has 7 nitrogen and oxygen atoms in total. The predicted octanol–water partition coefficient (Wildman–Crippen LogP) is 1.93. The third-order valence-corrected chi connectivity index (χ3v) is 6.23. The summed E-state index contributed by atoms with van der Waals surface area (Å²) in [5, 5.41) is 6.42. The van der Waals surface area contributed by atoms with Gasteiger partial charge in [0.05, 0.1) is 11.4 Å². The Morgan fingerprint density at radius 2 is 1.89 bits per heavy atom. The van der Waals surface area contributed by atoms with Crippen molar-refractivity contribution in [2.75, 3.05) is 39.3 Å². The third-order valence-electron chi connectivity index (χ3n) is 4.75. The Kier molecular flexibility index (Phi) is 11.3. The van der Waals surface area contributed by atoms with E-state index < -0.39 is 10.0 Å². The van der Waals surface area contributed by atoms with Crippen LogP contribution < -0.4 is 15.4 Å². The first-order chi connectivity index (χ1) is 13.0. The molecule has 1 saturated heterocycles. The van der Waals surface area contributed by atoms with Crippen molar-refractivity contribution in [3.63, 3.8) is 0 Å². The molecule has 0 saturated carbocycles. The van der Waals surface area contributed by atoms with Crippen LogP contribution in [0, 0.1) is 6.92 Å². The maximum absolute atomic E-state index is 12.3. The van der Waals surface area contributed by atoms with E-state index in [0.717, 1.165) is 37.7 Å². The molecule has 1 unspecified atom stereocenters. The molecule has 28 heavy (non-hydrogen) atoms. The van der Waals surface area contributed by atoms with E-state index in [1.54, 1.807) is 24.3 Å². The fourth-order valence-corrected chi connectivity index (χ4v) is 4.26. The van der Waals surface area contributed by atoms with Crippen LogP contribution in [0.4, 0.5) is 0 Å². The molecule has 0 aromatic heterocycles. The minimum atomic E-state index is -3.48. The second kappa shape index (κ2) is 12.6. The van der Waals surface area contributed by atoms with Gasteiger partial charge in [0.25, 0.3) is 0 Å². The number of sulfonamides is 1. The number of nitrogens with one attached hydrogen (secondary N) is 3. The molecule has 160 valence electrons. The Bertz CT molecular complexity index is 710. The van der Waals surface area contributed by atoms with Gasteiger partial charge in [0, 0.05) is 25.7 Å². The number of halogens is 1. The van der Waals surface area contributed by atoms with Crippen LogP contribution in [-0.4, -0.2) is 64.6 Å². The Balaban J connectivity index is 0.00000392. The van der Waals surface area contributed by atoms with E-state index in [9.17, 15) is 8.42 Å². The largest absolute Gasteiger partial charge is 0.357 e. The predicted molar refractivity (Wildman–Crippen MR) is 126 cm³/mol. The van der Waals surface area contributed by atoms with Gasteiger partial charge in [-0.1, -0.05) is 24.6 Å². The van der Waals surface area contributed by atoms with Gasteiger partial charge in [-0.05, 0) is 51.9 Å². The number of benzene rings is 1. The van der Waals surface area contributed by atoms with Crippen molar-refractivity contribution in [2.24, 2.45) is 4.99 Å². The van der Waals surface area contributed by atoms with E-state index in [-0.39, 0.29) is 28.9 Å². The number of hydrogen-bond acceptors (Lipinski definition) is 4. The van der Waals surface area contributed by atoms with E-state index in [2.05, 4.69) is 32.2 Å². The topological polar surface area (TPSA) is 85.8 Å². The standard InChI is InChI=1S/C19H33N5O2S.HI/c1-4-20-19(22-15-17-7-6-14-24(17)5-2)21-12-13-23-27(25,26)18-10-8-16(3)9-11-18;/h8-11,17,23H,4-7,12-15H2,1-3H3,(H2,20,21,22);1H. The van der Waals surface area contributed by atoms with Gasteiger partial charge in [-0.25, -0.2) is 13.1 Å². The van der Waals surface area contributed by atoms with Gasteiger partial charge in [0.1, 0.15) is 0 Å². The van der Waals surface area contributed by atoms with Crippen LogP contribution in [-0.2, 0) is 10.0 Å². The molecular weight excluding hydrogens is 489 g/mol. The van der Waals surface area contributed by atoms with Gasteiger partial charge in [-0.15, -0.1) is 24.0 Å². The molecule has 1 fully saturated rings. The first-order valence-electron chi connectivity index (χ1n) is 9.78. The van der Waals surface area contributed by atoms with Crippen LogP contribution >= 0.6 is 24.0 Å². The average Bonchev–Trinajstić information content (AvgIpc) is 3.11. The van der Waals surface area contributed by atoms with Crippen molar-refractivity contribution in [1.82, 2.24) is 20.3 Å². The molecule has 0 aliphatic carbocycles. The van der Waals surface area contributed by atoms with E-state index >= 15 is 0 Å². The van der Waals surface area contributed by atoms with Crippen LogP contribution in [0.25, 0.3) is 0 Å². The van der Waals surface area contributed by atoms with Gasteiger partial charge in [-0.2, -0.15) is 0 Å². The molecule has 9 heteroatoms. The van der Waals surface area contributed by atoms with Crippen molar-refractivity contribution < 1.29 is 8.42 Å². The first kappa shape index (κ1) is 25.1. The van der Waals surface area contributed by atoms with E-state index in [1.807, 2.05) is 13.8 Å². The lowest BCUT2D eigenvalue weighted by molar-refractivity contribution is 0.273. The molecule has 1 atom stereocenters. The maximum atomic E-state index is 12.3. The highest BCUT2D eigenvalue weighted by molar-refractivity contribution is 14.0. The van der Waals surface area contributed by atoms with Gasteiger partial charge < -0.3 is 10.6 Å². The summed E-state index contributed by atoms with van der Waals surface area (Å²) >= 11 is 0. The summed E-state index contributed by atoms with van der Waals surface area (Å²) in [5.74, 6) is 0.731. The Hall–Kier alpha value is -0.910. The molecule has 0 spiro atoms. The zero-order valence-corrected chi connectivity index (χ0v) is 20.2. The summed E-state index contributed by atoms with van der Waals surface area (Å²) in [5.41, 5.74) is 1.03. The second-order valence-corrected chi connectivity index (χ2v) is 8.55. The lowest BCUT2D eigenvalue weighted by Crippen LogP contribution is -2.42. The molecule has 1 aliphatic heterocycles. The summed E-state index contributed by atoms with van der Waals surface area (Å²) in [6, 6.07) is 7.34. The van der Waals surface area contributed by atoms with Crippen LogP contribution in [0.15, 0.2) is 34.2 Å². The Labute approximate surface area is 186 Å². The van der Waals surface area contributed by atoms with Crippen molar-refractivity contribution in [3.05, 3.63) is 29.8 Å². The first-order valence-corrected chi connectivity index (χ1v) is 11.3. The number of rotatable bonds is 9. The molecule has 1 heterocycles. The normalized spacial score (nSPS) is 18.0. The van der Waals surface area contributed by atoms with Gasteiger partial charge in [0.2, 0.25) is 10.0 Å². The number of hydrogen-bond donors (Lipinski definition) is 3. The SMILES string of the molecule is CCNC(=NCC1CCCN1CC)NCCNS(=O)(=O)c1ccc(C)cc1.I. The summed E-state index contributed by atoms with van der Waals surface area (Å²) in [4.78, 5) is 7.42. The van der Waals surface area contributed by atoms with E-state index in [4.69, 9.17) is 0 Å². The van der Waals surface area contributed by atoms with Crippen LogP contribution in [0.1, 0.15) is 32.3 Å². The van der Waals surface area contributed by atoms with Crippen molar-refractivity contribution >= 4 is 40.0 Å². The van der Waals surface area contributed by atoms with Crippen molar-refractivity contribution in [3.8, 4) is 0 Å². The lowest BCUT2D eigenvalue weighted by Gasteiger charge is -2.21. The molecule has 1 aliphatic rings. The van der Waals surface area contributed by atoms with Gasteiger partial charge in [0.15, 0.2) is 5.96 Å². The minimum Gasteiger partial charge on any atom is -0.357 e. The van der Waals surface area contributed by atoms with Crippen LogP contribution in [0.5, 0.6) is 0 Å². The smallest absolute Gasteiger partial charge is 0.240 e. The average molecular weight is 523 g/mol. The number of aliphatic imine (C=N–C) groups is 1. The highest BCUT2D eigenvalue weighted by Crippen LogP contribution is 2.16. The van der Waals surface area contributed by atoms with Crippen LogP contribution in [0.2, 0.25) is 0 Å². The second-order valence-electron chi connectivity index (χ2n) is 6.78. The Morgan fingerprint density at radius 3 is 2.54 bits per heavy atom. The summed E-state index contributed by atoms with van der Waals surface area (Å²) in [6.45, 7) is 10.6. The molecule has 0 radical (unpaired) electrons. The summed E-state index contributed by atoms with van der Waals surface area (Å²) in [7, 11) is -3.48. The molecule has 0 amide bonds. The van der Waals surface area contributed by atoms with Crippen LogP contribution in [0.3, 0.4) is 0 Å². The molecule has 3 N–H and O–H groups in total. The summed E-state index contributed by atoms with van der Waals surface area (Å²) < 4.78 is 27.2. The van der Waals surface area contributed by atoms with Gasteiger partial charge in [-0.3, -0.25) is 9.89 Å². The van der Waals surface area contributed by atoms with Crippen molar-refractivity contribution in [2.45, 2.75) is 44.6 Å². The van der Waals surface area contributed by atoms with E-state index in [0.29, 0.717) is 19.1 Å². The zero-order valence-electron chi connectivity index (χ0n) is 17.1. The molecule has 1 aromatic carbocycles. The maximum Gasteiger partial charge on any atom is 0.240 e. The number of nitrogens with zero attached hydrogens (tertiary/aromatic N) is 2. The van der Waals surface area contributed by atoms with Crippen molar-refractivity contribution in [1.29, 1.82) is 0 Å². The fraction of sp³-hybridized carbons (Fsp3) is 0.632. The molecule has 2 rings (SSSR count). The zero-order chi connectivity index (χ0) is 19.7. The number of likely N-dealkylation sites (tertiary alicyclic amines) is 1. The molecule has 1 aromatic rings. The van der Waals surface area contributed by atoms with Gasteiger partial charge >= 0.3 is 0 Å². The minimum absolute atomic E-state index is 0. The van der Waals surface area contributed by atoms with E-state index in [1.165, 1.54) is 12.8 Å². The number of aryl methyl sites for hydroxylation is 1. The highest BCUT2D eigenvalue weighted by atomic mass is 127. The quantitative estimate of drug-likeness (QED) is 0.199. The summed E-state index contributed by atoms with van der Waals surface area (Å²) in [6.07, 6.45) is 2.42.